The highest BCUT2D eigenvalue weighted by Crippen LogP contribution is 2.38. The van der Waals surface area contributed by atoms with Gasteiger partial charge in [0.1, 0.15) is 5.92 Å². The number of aliphatic imine (C=N–C) groups is 1. The summed E-state index contributed by atoms with van der Waals surface area (Å²) in [6.07, 6.45) is 4.46. The number of likely N-dealkylation sites (tertiary alicyclic amines) is 1. The van der Waals surface area contributed by atoms with Crippen LogP contribution in [0, 0.1) is 10.1 Å². The Balaban J connectivity index is 1.38. The number of non-ortho nitro benzene ring substituents is 1. The Kier molecular flexibility index (Phi) is 6.74. The molecule has 0 bridgehead atoms. The average Bonchev–Trinajstić information content (AvgIpc) is 3.57. The Hall–Kier alpha value is -3.88. The molecule has 3 aliphatic heterocycles. The van der Waals surface area contributed by atoms with Crippen molar-refractivity contribution < 1.29 is 9.72 Å². The summed E-state index contributed by atoms with van der Waals surface area (Å²) in [6, 6.07) is 19.0. The molecule has 8 heteroatoms. The number of benzene rings is 3. The third-order valence-electron chi connectivity index (χ3n) is 7.84. The van der Waals surface area contributed by atoms with Gasteiger partial charge in [-0.3, -0.25) is 19.9 Å². The van der Waals surface area contributed by atoms with Crippen LogP contribution >= 0.6 is 0 Å². The van der Waals surface area contributed by atoms with Gasteiger partial charge in [0.2, 0.25) is 5.91 Å². The molecule has 0 spiro atoms. The summed E-state index contributed by atoms with van der Waals surface area (Å²) in [5.74, 6) is -0.961. The molecule has 0 radical (unpaired) electrons. The lowest BCUT2D eigenvalue weighted by Gasteiger charge is -2.18. The van der Waals surface area contributed by atoms with Gasteiger partial charge in [-0.15, -0.1) is 0 Å². The van der Waals surface area contributed by atoms with Crippen LogP contribution in [0.15, 0.2) is 65.7 Å². The molecule has 194 valence electrons. The Bertz CT molecular complexity index is 1410. The maximum atomic E-state index is 13.3. The Morgan fingerprint density at radius 3 is 2.63 bits per heavy atom. The van der Waals surface area contributed by atoms with Gasteiger partial charge in [-0.2, -0.15) is 0 Å². The zero-order valence-electron chi connectivity index (χ0n) is 21.3. The second-order valence-corrected chi connectivity index (χ2v) is 10.3. The highest BCUT2D eigenvalue weighted by atomic mass is 16.6. The molecule has 1 atom stereocenters. The van der Waals surface area contributed by atoms with Crippen LogP contribution in [0.3, 0.4) is 0 Å². The number of nitro groups is 1. The molecule has 0 saturated carbocycles. The van der Waals surface area contributed by atoms with Gasteiger partial charge in [-0.05, 0) is 85.8 Å². The van der Waals surface area contributed by atoms with Crippen molar-refractivity contribution in [2.45, 2.75) is 38.1 Å². The summed E-state index contributed by atoms with van der Waals surface area (Å²) in [5.41, 5.74) is 7.13. The van der Waals surface area contributed by atoms with E-state index in [4.69, 9.17) is 4.99 Å². The summed E-state index contributed by atoms with van der Waals surface area (Å²) in [5, 5.41) is 17.8. The standard InChI is InChI=1S/C30H31N5O3/c36-30-28(26-18-25(35(37)38)9-10-27(26)33-30)29(32-24-8-7-23-19-31-13-11-22(23)17-24)21-5-3-20(4-6-21)12-16-34-14-1-2-15-34/h3-10,17-18,28,31H,1-2,11-16,19H2,(H,33,36). The van der Waals surface area contributed by atoms with Crippen LogP contribution in [0.2, 0.25) is 0 Å². The van der Waals surface area contributed by atoms with Gasteiger partial charge >= 0.3 is 0 Å². The van der Waals surface area contributed by atoms with E-state index in [0.29, 0.717) is 17.0 Å². The van der Waals surface area contributed by atoms with Crippen LogP contribution < -0.4 is 10.6 Å². The fourth-order valence-corrected chi connectivity index (χ4v) is 5.74. The summed E-state index contributed by atoms with van der Waals surface area (Å²) < 4.78 is 0. The van der Waals surface area contributed by atoms with E-state index in [-0.39, 0.29) is 11.6 Å². The topological polar surface area (TPSA) is 99.9 Å². The fourth-order valence-electron chi connectivity index (χ4n) is 5.74. The van der Waals surface area contributed by atoms with Crippen molar-refractivity contribution in [3.63, 3.8) is 0 Å². The minimum absolute atomic E-state index is 0.0388. The Morgan fingerprint density at radius 2 is 1.84 bits per heavy atom. The molecule has 1 unspecified atom stereocenters. The lowest BCUT2D eigenvalue weighted by Crippen LogP contribution is -2.23. The van der Waals surface area contributed by atoms with E-state index in [0.717, 1.165) is 43.7 Å². The SMILES string of the molecule is O=C1Nc2ccc([N+](=O)[O-])cc2C1C(=Nc1ccc2c(c1)CCNC2)c1ccc(CCN2CCCC2)cc1. The molecular formula is C30H31N5O3. The number of fused-ring (bicyclic) bond motifs is 2. The van der Waals surface area contributed by atoms with Crippen LogP contribution in [0.4, 0.5) is 17.1 Å². The van der Waals surface area contributed by atoms with Crippen molar-refractivity contribution in [2.75, 3.05) is 31.5 Å². The molecule has 38 heavy (non-hydrogen) atoms. The first-order valence-electron chi connectivity index (χ1n) is 13.4. The second-order valence-electron chi connectivity index (χ2n) is 10.3. The second kappa shape index (κ2) is 10.5. The third-order valence-corrected chi connectivity index (χ3v) is 7.84. The smallest absolute Gasteiger partial charge is 0.269 e. The van der Waals surface area contributed by atoms with E-state index in [1.807, 2.05) is 18.2 Å². The van der Waals surface area contributed by atoms with E-state index < -0.39 is 10.8 Å². The van der Waals surface area contributed by atoms with Crippen LogP contribution in [0.25, 0.3) is 0 Å². The van der Waals surface area contributed by atoms with Crippen molar-refractivity contribution in [1.29, 1.82) is 0 Å². The van der Waals surface area contributed by atoms with E-state index in [2.05, 4.69) is 39.8 Å². The number of hydrogen-bond donors (Lipinski definition) is 2. The van der Waals surface area contributed by atoms with Gasteiger partial charge in [0.15, 0.2) is 0 Å². The number of carbonyl (C=O) groups excluding carboxylic acids is 1. The number of nitro benzene ring substituents is 1. The van der Waals surface area contributed by atoms with Crippen molar-refractivity contribution >= 4 is 28.7 Å². The van der Waals surface area contributed by atoms with Gasteiger partial charge < -0.3 is 15.5 Å². The molecule has 3 heterocycles. The highest BCUT2D eigenvalue weighted by molar-refractivity contribution is 6.24. The van der Waals surface area contributed by atoms with Crippen molar-refractivity contribution in [3.05, 3.63) is 98.6 Å². The van der Waals surface area contributed by atoms with Crippen LogP contribution in [-0.2, 0) is 24.2 Å². The first kappa shape index (κ1) is 24.5. The van der Waals surface area contributed by atoms with Crippen molar-refractivity contribution in [3.8, 4) is 0 Å². The minimum Gasteiger partial charge on any atom is -0.325 e. The van der Waals surface area contributed by atoms with Gasteiger partial charge in [0.05, 0.1) is 16.3 Å². The predicted octanol–water partition coefficient (Wildman–Crippen LogP) is 4.74. The number of rotatable bonds is 7. The number of nitrogens with zero attached hydrogens (tertiary/aromatic N) is 3. The number of amides is 1. The van der Waals surface area contributed by atoms with Gasteiger partial charge in [-0.25, -0.2) is 0 Å². The van der Waals surface area contributed by atoms with Crippen molar-refractivity contribution in [1.82, 2.24) is 10.2 Å². The number of anilines is 1. The van der Waals surface area contributed by atoms with E-state index >= 15 is 0 Å². The normalized spacial score (nSPS) is 19.2. The van der Waals surface area contributed by atoms with E-state index in [9.17, 15) is 14.9 Å². The lowest BCUT2D eigenvalue weighted by atomic mass is 9.89. The minimum atomic E-state index is -0.738. The molecule has 0 aliphatic carbocycles. The molecule has 2 N–H and O–H groups in total. The number of nitrogens with one attached hydrogen (secondary N) is 2. The van der Waals surface area contributed by atoms with Gasteiger partial charge in [0, 0.05) is 36.5 Å². The van der Waals surface area contributed by atoms with Crippen LogP contribution in [-0.4, -0.2) is 47.6 Å². The zero-order chi connectivity index (χ0) is 26.1. The van der Waals surface area contributed by atoms with Crippen LogP contribution in [0.1, 0.15) is 46.6 Å². The number of hydrogen-bond acceptors (Lipinski definition) is 6. The molecule has 6 rings (SSSR count). The monoisotopic (exact) mass is 509 g/mol. The molecule has 1 saturated heterocycles. The maximum absolute atomic E-state index is 13.3. The van der Waals surface area contributed by atoms with E-state index in [1.54, 1.807) is 6.07 Å². The molecule has 3 aliphatic rings. The fraction of sp³-hybridized carbons (Fsp3) is 0.333. The third kappa shape index (κ3) is 4.97. The molecule has 3 aromatic rings. The average molecular weight is 510 g/mol. The quantitative estimate of drug-likeness (QED) is 0.272. The largest absolute Gasteiger partial charge is 0.325 e. The van der Waals surface area contributed by atoms with Crippen molar-refractivity contribution in [2.24, 2.45) is 4.99 Å². The molecule has 0 aromatic heterocycles. The first-order valence-corrected chi connectivity index (χ1v) is 13.4. The highest BCUT2D eigenvalue weighted by Gasteiger charge is 2.36. The molecule has 3 aromatic carbocycles. The van der Waals surface area contributed by atoms with E-state index in [1.165, 1.54) is 54.8 Å². The Labute approximate surface area is 221 Å². The predicted molar refractivity (Wildman–Crippen MR) is 148 cm³/mol. The summed E-state index contributed by atoms with van der Waals surface area (Å²) in [6.45, 7) is 5.16. The maximum Gasteiger partial charge on any atom is 0.269 e. The molecule has 1 fully saturated rings. The van der Waals surface area contributed by atoms with Crippen LogP contribution in [0.5, 0.6) is 0 Å². The Morgan fingerprint density at radius 1 is 1.03 bits per heavy atom. The zero-order valence-corrected chi connectivity index (χ0v) is 21.3. The summed E-state index contributed by atoms with van der Waals surface area (Å²) in [7, 11) is 0. The number of carbonyl (C=O) groups is 1. The van der Waals surface area contributed by atoms with Gasteiger partial charge in [0.25, 0.3) is 5.69 Å². The lowest BCUT2D eigenvalue weighted by molar-refractivity contribution is -0.384. The van der Waals surface area contributed by atoms with Gasteiger partial charge in [-0.1, -0.05) is 30.3 Å². The molecule has 1 amide bonds. The summed E-state index contributed by atoms with van der Waals surface area (Å²) in [4.78, 5) is 31.9. The first-order chi connectivity index (χ1) is 18.5. The summed E-state index contributed by atoms with van der Waals surface area (Å²) >= 11 is 0. The molecular weight excluding hydrogens is 478 g/mol. The molecule has 8 nitrogen and oxygen atoms in total.